The lowest BCUT2D eigenvalue weighted by Gasteiger charge is -2.13. The van der Waals surface area contributed by atoms with Crippen LogP contribution in [-0.4, -0.2) is 15.7 Å². The van der Waals surface area contributed by atoms with Crippen molar-refractivity contribution in [3.8, 4) is 11.1 Å². The van der Waals surface area contributed by atoms with Gasteiger partial charge in [0.1, 0.15) is 11.6 Å². The van der Waals surface area contributed by atoms with E-state index in [1.165, 1.54) is 24.4 Å². The molecule has 2 aromatic carbocycles. The molecule has 1 N–H and O–H groups in total. The van der Waals surface area contributed by atoms with E-state index in [4.69, 9.17) is 0 Å². The van der Waals surface area contributed by atoms with Gasteiger partial charge in [-0.1, -0.05) is 56.7 Å². The molecule has 0 aliphatic rings. The number of thiol groups is 1. The van der Waals surface area contributed by atoms with Gasteiger partial charge < -0.3 is 5.32 Å². The van der Waals surface area contributed by atoms with Crippen LogP contribution >= 0.6 is 12.8 Å². The fraction of sp³-hybridized carbons (Fsp3) is 0.423. The summed E-state index contributed by atoms with van der Waals surface area (Å²) < 4.78 is 67.4. The molecular formula is C26H30F5N3S. The van der Waals surface area contributed by atoms with Crippen LogP contribution in [0.25, 0.3) is 11.1 Å². The molecule has 1 aromatic heterocycles. The molecule has 0 amide bonds. The largest absolute Gasteiger partial charge is 0.435 e. The van der Waals surface area contributed by atoms with E-state index in [0.717, 1.165) is 49.0 Å². The Bertz CT molecular complexity index is 1060. The molecular weight excluding hydrogens is 481 g/mol. The van der Waals surface area contributed by atoms with Gasteiger partial charge in [-0.15, -0.1) is 0 Å². The first-order valence-electron chi connectivity index (χ1n) is 11.9. The van der Waals surface area contributed by atoms with Crippen molar-refractivity contribution in [2.24, 2.45) is 0 Å². The second kappa shape index (κ2) is 13.0. The highest BCUT2D eigenvalue weighted by Gasteiger charge is 2.36. The van der Waals surface area contributed by atoms with Gasteiger partial charge in [0.05, 0.1) is 0 Å². The Morgan fingerprint density at radius 2 is 1.46 bits per heavy atom. The Morgan fingerprint density at radius 3 is 2.11 bits per heavy atom. The number of halogens is 5. The summed E-state index contributed by atoms with van der Waals surface area (Å²) in [6.07, 6.45) is 4.94. The zero-order valence-electron chi connectivity index (χ0n) is 19.4. The van der Waals surface area contributed by atoms with E-state index in [2.05, 4.69) is 23.2 Å². The van der Waals surface area contributed by atoms with Crippen LogP contribution in [0.5, 0.6) is 0 Å². The van der Waals surface area contributed by atoms with Crippen LogP contribution in [0.3, 0.4) is 0 Å². The van der Waals surface area contributed by atoms with E-state index in [1.54, 1.807) is 18.2 Å². The van der Waals surface area contributed by atoms with E-state index in [1.807, 2.05) is 6.07 Å². The second-order valence-corrected chi connectivity index (χ2v) is 9.01. The molecule has 1 heterocycles. The van der Waals surface area contributed by atoms with Crippen molar-refractivity contribution < 1.29 is 22.0 Å². The van der Waals surface area contributed by atoms with Crippen LogP contribution in [0.15, 0.2) is 48.7 Å². The number of hydrogen-bond acceptors (Lipinski definition) is 3. The summed E-state index contributed by atoms with van der Waals surface area (Å²) in [5, 5.41) is 6.70. The van der Waals surface area contributed by atoms with Crippen molar-refractivity contribution in [3.63, 3.8) is 0 Å². The van der Waals surface area contributed by atoms with Crippen LogP contribution in [0.1, 0.15) is 62.6 Å². The lowest BCUT2D eigenvalue weighted by atomic mass is 10.0. The van der Waals surface area contributed by atoms with E-state index < -0.39 is 11.9 Å². The maximum absolute atomic E-state index is 14.4. The first kappa shape index (κ1) is 27.0. The maximum Gasteiger partial charge on any atom is 0.435 e. The van der Waals surface area contributed by atoms with Gasteiger partial charge in [-0.05, 0) is 61.9 Å². The van der Waals surface area contributed by atoms with E-state index in [0.29, 0.717) is 36.2 Å². The van der Waals surface area contributed by atoms with Gasteiger partial charge >= 0.3 is 6.18 Å². The van der Waals surface area contributed by atoms with Crippen LogP contribution < -0.4 is 5.32 Å². The number of nitrogens with one attached hydrogen (secondary N) is 1. The molecule has 0 fully saturated rings. The van der Waals surface area contributed by atoms with E-state index in [9.17, 15) is 22.0 Å². The molecule has 35 heavy (non-hydrogen) atoms. The third kappa shape index (κ3) is 8.26. The highest BCUT2D eigenvalue weighted by atomic mass is 32.1. The molecule has 0 unspecified atom stereocenters. The van der Waals surface area contributed by atoms with Gasteiger partial charge in [0.2, 0.25) is 0 Å². The number of aryl methyl sites for hydroxylation is 1. The number of nitrogens with zero attached hydrogens (tertiary/aromatic N) is 2. The third-order valence-corrected chi connectivity index (χ3v) is 6.09. The lowest BCUT2D eigenvalue weighted by molar-refractivity contribution is -0.141. The van der Waals surface area contributed by atoms with Gasteiger partial charge in [-0.25, -0.2) is 12.9 Å². The Labute approximate surface area is 208 Å². The van der Waals surface area contributed by atoms with Crippen molar-refractivity contribution in [1.82, 2.24) is 9.19 Å². The topological polar surface area (TPSA) is 29.9 Å². The molecule has 0 saturated carbocycles. The second-order valence-electron chi connectivity index (χ2n) is 8.60. The molecule has 0 bridgehead atoms. The number of aromatic nitrogens is 2. The van der Waals surface area contributed by atoms with Gasteiger partial charge in [-0.3, -0.25) is 0 Å². The zero-order chi connectivity index (χ0) is 25.3. The zero-order valence-corrected chi connectivity index (χ0v) is 20.3. The number of hydrogen-bond donors (Lipinski definition) is 2. The van der Waals surface area contributed by atoms with Gasteiger partial charge in [0.25, 0.3) is 0 Å². The summed E-state index contributed by atoms with van der Waals surface area (Å²) in [4.78, 5) is 0. The Kier molecular flexibility index (Phi) is 10.0. The lowest BCUT2D eigenvalue weighted by Crippen LogP contribution is -2.09. The summed E-state index contributed by atoms with van der Waals surface area (Å²) in [5.74, 6) is -0.712. The molecule has 190 valence electrons. The maximum atomic E-state index is 14.4. The number of alkyl halides is 3. The minimum atomic E-state index is -4.45. The molecule has 3 rings (SSSR count). The predicted molar refractivity (Wildman–Crippen MR) is 133 cm³/mol. The van der Waals surface area contributed by atoms with Crippen molar-refractivity contribution in [1.29, 1.82) is 0 Å². The first-order valence-corrected chi connectivity index (χ1v) is 12.3. The molecule has 0 radical (unpaired) electrons. The predicted octanol–water partition coefficient (Wildman–Crippen LogP) is 8.32. The smallest absolute Gasteiger partial charge is 0.384 e. The summed E-state index contributed by atoms with van der Waals surface area (Å²) in [7, 11) is 0. The number of unbranched alkanes of at least 4 members (excludes halogenated alkanes) is 7. The highest BCUT2D eigenvalue weighted by Crippen LogP contribution is 2.32. The third-order valence-electron chi connectivity index (χ3n) is 5.88. The Balaban J connectivity index is 1.29. The molecule has 3 nitrogen and oxygen atoms in total. The van der Waals surface area contributed by atoms with Crippen molar-refractivity contribution in [3.05, 3.63) is 71.6 Å². The summed E-state index contributed by atoms with van der Waals surface area (Å²) >= 11 is 3.85. The van der Waals surface area contributed by atoms with Gasteiger partial charge in [0, 0.05) is 29.6 Å². The van der Waals surface area contributed by atoms with Crippen molar-refractivity contribution in [2.75, 3.05) is 11.9 Å². The van der Waals surface area contributed by atoms with Crippen LogP contribution in [0.4, 0.5) is 27.6 Å². The van der Waals surface area contributed by atoms with Crippen LogP contribution in [0, 0.1) is 11.6 Å². The summed E-state index contributed by atoms with van der Waals surface area (Å²) in [6, 6.07) is 10.7. The van der Waals surface area contributed by atoms with Crippen LogP contribution in [0.2, 0.25) is 0 Å². The van der Waals surface area contributed by atoms with Crippen LogP contribution in [-0.2, 0) is 12.6 Å². The van der Waals surface area contributed by atoms with E-state index in [-0.39, 0.29) is 17.2 Å². The minimum Gasteiger partial charge on any atom is -0.384 e. The molecule has 3 aromatic rings. The standard InChI is InChI=1S/C26H30F5N3S/c27-21-15-13-19(14-16-21)24-22(28)11-9-12-23(24)32-17-8-6-4-2-1-3-5-7-10-20-18-34(35)33-25(20)26(29,30)31/h9,11-16,18,32,35H,1-8,10,17H2. The Hall–Kier alpha value is -2.55. The molecule has 0 spiro atoms. The average molecular weight is 512 g/mol. The highest BCUT2D eigenvalue weighted by molar-refractivity contribution is 7.78. The summed E-state index contributed by atoms with van der Waals surface area (Å²) in [5.41, 5.74) is 1.11. The monoisotopic (exact) mass is 511 g/mol. The molecule has 0 atom stereocenters. The van der Waals surface area contributed by atoms with Crippen molar-refractivity contribution in [2.45, 2.75) is 64.0 Å². The van der Waals surface area contributed by atoms with Gasteiger partial charge in [0.15, 0.2) is 5.69 Å². The fourth-order valence-corrected chi connectivity index (χ4v) is 4.35. The number of benzene rings is 2. The SMILES string of the molecule is Fc1ccc(-c2c(F)cccc2NCCCCCCCCCCc2cn(S)nc2C(F)(F)F)cc1. The fourth-order valence-electron chi connectivity index (χ4n) is 4.12. The Morgan fingerprint density at radius 1 is 0.829 bits per heavy atom. The normalized spacial score (nSPS) is 11.7. The first-order chi connectivity index (χ1) is 16.8. The van der Waals surface area contributed by atoms with Gasteiger partial charge in [-0.2, -0.15) is 18.3 Å². The summed E-state index contributed by atoms with van der Waals surface area (Å²) in [6.45, 7) is 0.706. The van der Waals surface area contributed by atoms with Crippen molar-refractivity contribution >= 4 is 18.5 Å². The minimum absolute atomic E-state index is 0.195. The van der Waals surface area contributed by atoms with E-state index >= 15 is 0 Å². The number of rotatable bonds is 13. The molecule has 0 saturated heterocycles. The average Bonchev–Trinajstić information content (AvgIpc) is 3.19. The quantitative estimate of drug-likeness (QED) is 0.137. The molecule has 0 aliphatic carbocycles. The molecule has 0 aliphatic heterocycles. The number of anilines is 1. The molecule has 9 heteroatoms.